The van der Waals surface area contributed by atoms with Crippen molar-refractivity contribution in [2.75, 3.05) is 12.4 Å². The summed E-state index contributed by atoms with van der Waals surface area (Å²) in [6.45, 7) is 1.92. The fourth-order valence-electron chi connectivity index (χ4n) is 2.71. The number of nitrogens with one attached hydrogen (secondary N) is 2. The average molecular weight is 403 g/mol. The van der Waals surface area contributed by atoms with Crippen molar-refractivity contribution < 1.29 is 19.4 Å². The van der Waals surface area contributed by atoms with E-state index in [2.05, 4.69) is 15.8 Å². The second kappa shape index (κ2) is 9.38. The van der Waals surface area contributed by atoms with Crippen molar-refractivity contribution in [2.24, 2.45) is 5.10 Å². The van der Waals surface area contributed by atoms with Gasteiger partial charge in [0.15, 0.2) is 11.5 Å². The van der Waals surface area contributed by atoms with Crippen LogP contribution < -0.4 is 15.5 Å². The van der Waals surface area contributed by atoms with Crippen molar-refractivity contribution in [2.45, 2.75) is 6.92 Å². The number of rotatable bonds is 6. The molecule has 0 aromatic heterocycles. The third-order valence-electron chi connectivity index (χ3n) is 4.27. The zero-order chi connectivity index (χ0) is 21.5. The van der Waals surface area contributed by atoms with Crippen LogP contribution in [0.2, 0.25) is 0 Å². The molecule has 0 atom stereocenters. The van der Waals surface area contributed by atoms with E-state index < -0.39 is 5.91 Å². The molecule has 0 aliphatic heterocycles. The zero-order valence-corrected chi connectivity index (χ0v) is 16.5. The molecule has 2 amide bonds. The molecule has 0 saturated carbocycles. The van der Waals surface area contributed by atoms with Crippen LogP contribution in [-0.4, -0.2) is 30.2 Å². The number of methoxy groups -OCH3 is 1. The molecule has 3 rings (SSSR count). The fourth-order valence-corrected chi connectivity index (χ4v) is 2.71. The normalized spacial score (nSPS) is 10.6. The van der Waals surface area contributed by atoms with Crippen molar-refractivity contribution >= 4 is 23.7 Å². The summed E-state index contributed by atoms with van der Waals surface area (Å²) in [5, 5.41) is 16.4. The molecule has 0 radical (unpaired) electrons. The number of benzene rings is 3. The number of hydrogen-bond acceptors (Lipinski definition) is 5. The highest BCUT2D eigenvalue weighted by Gasteiger charge is 2.08. The lowest BCUT2D eigenvalue weighted by atomic mass is 10.1. The summed E-state index contributed by atoms with van der Waals surface area (Å²) in [6, 6.07) is 18.5. The maximum atomic E-state index is 12.3. The van der Waals surface area contributed by atoms with E-state index in [0.717, 1.165) is 5.56 Å². The van der Waals surface area contributed by atoms with Crippen molar-refractivity contribution in [1.82, 2.24) is 5.43 Å². The lowest BCUT2D eigenvalue weighted by Crippen LogP contribution is -2.18. The molecule has 3 N–H and O–H groups in total. The quantitative estimate of drug-likeness (QED) is 0.431. The number of aromatic hydroxyl groups is 1. The van der Waals surface area contributed by atoms with Gasteiger partial charge in [-0.05, 0) is 67.1 Å². The minimum absolute atomic E-state index is 0.0175. The first-order chi connectivity index (χ1) is 14.5. The number of carbonyl (C=O) groups is 2. The predicted molar refractivity (Wildman–Crippen MR) is 115 cm³/mol. The standard InChI is InChI=1S/C23H21N3O4/c1-15-4-3-5-18(12-15)22(28)25-19-9-7-17(8-10-19)23(29)26-24-14-16-6-11-21(30-2)20(27)13-16/h3-14,27H,1-2H3,(H,25,28)(H,26,29). The van der Waals surface area contributed by atoms with Crippen LogP contribution in [0.4, 0.5) is 5.69 Å². The maximum absolute atomic E-state index is 12.3. The largest absolute Gasteiger partial charge is 0.504 e. The first kappa shape index (κ1) is 20.6. The lowest BCUT2D eigenvalue weighted by Gasteiger charge is -2.07. The number of hydrazone groups is 1. The molecule has 0 unspecified atom stereocenters. The summed E-state index contributed by atoms with van der Waals surface area (Å²) in [7, 11) is 1.46. The summed E-state index contributed by atoms with van der Waals surface area (Å²) < 4.78 is 4.97. The maximum Gasteiger partial charge on any atom is 0.271 e. The van der Waals surface area contributed by atoms with Crippen molar-refractivity contribution in [3.05, 3.63) is 89.0 Å². The van der Waals surface area contributed by atoms with Crippen LogP contribution >= 0.6 is 0 Å². The van der Waals surface area contributed by atoms with Gasteiger partial charge in [0.1, 0.15) is 0 Å². The van der Waals surface area contributed by atoms with Gasteiger partial charge in [-0.1, -0.05) is 17.7 Å². The molecule has 152 valence electrons. The topological polar surface area (TPSA) is 100 Å². The minimum Gasteiger partial charge on any atom is -0.504 e. The molecule has 7 heteroatoms. The number of carbonyl (C=O) groups excluding carboxylic acids is 2. The van der Waals surface area contributed by atoms with Gasteiger partial charge in [-0.25, -0.2) is 5.43 Å². The summed E-state index contributed by atoms with van der Waals surface area (Å²) in [6.07, 6.45) is 1.41. The van der Waals surface area contributed by atoms with E-state index in [4.69, 9.17) is 4.74 Å². The average Bonchev–Trinajstić information content (AvgIpc) is 2.74. The third kappa shape index (κ3) is 5.23. The monoisotopic (exact) mass is 403 g/mol. The molecule has 0 aliphatic carbocycles. The van der Waals surface area contributed by atoms with Gasteiger partial charge in [-0.15, -0.1) is 0 Å². The van der Waals surface area contributed by atoms with E-state index in [1.165, 1.54) is 19.4 Å². The number of aryl methyl sites for hydroxylation is 1. The van der Waals surface area contributed by atoms with E-state index in [9.17, 15) is 14.7 Å². The molecule has 3 aromatic carbocycles. The third-order valence-corrected chi connectivity index (χ3v) is 4.27. The van der Waals surface area contributed by atoms with Gasteiger partial charge in [0.05, 0.1) is 13.3 Å². The number of hydrogen-bond donors (Lipinski definition) is 3. The fraction of sp³-hybridized carbons (Fsp3) is 0.0870. The van der Waals surface area contributed by atoms with Gasteiger partial charge < -0.3 is 15.2 Å². The molecule has 0 spiro atoms. The number of phenols is 1. The van der Waals surface area contributed by atoms with Gasteiger partial charge in [0.2, 0.25) is 0 Å². The Kier molecular flexibility index (Phi) is 6.44. The Labute approximate surface area is 174 Å². The summed E-state index contributed by atoms with van der Waals surface area (Å²) in [5.41, 5.74) is 5.55. The Balaban J connectivity index is 1.58. The zero-order valence-electron chi connectivity index (χ0n) is 16.5. The molecule has 30 heavy (non-hydrogen) atoms. The summed E-state index contributed by atoms with van der Waals surface area (Å²) in [4.78, 5) is 24.5. The smallest absolute Gasteiger partial charge is 0.271 e. The Hall–Kier alpha value is -4.13. The van der Waals surface area contributed by atoms with Gasteiger partial charge in [0.25, 0.3) is 11.8 Å². The first-order valence-electron chi connectivity index (χ1n) is 9.15. The number of anilines is 1. The summed E-state index contributed by atoms with van der Waals surface area (Å²) >= 11 is 0. The molecule has 0 heterocycles. The predicted octanol–water partition coefficient (Wildman–Crippen LogP) is 3.73. The number of nitrogens with zero attached hydrogens (tertiary/aromatic N) is 1. The van der Waals surface area contributed by atoms with Crippen LogP contribution in [0.3, 0.4) is 0 Å². The van der Waals surface area contributed by atoms with Crippen LogP contribution in [0.15, 0.2) is 71.8 Å². The van der Waals surface area contributed by atoms with Crippen LogP contribution in [0, 0.1) is 6.92 Å². The molecule has 7 nitrogen and oxygen atoms in total. The SMILES string of the molecule is COc1ccc(C=NNC(=O)c2ccc(NC(=O)c3cccc(C)c3)cc2)cc1O. The Morgan fingerprint density at radius 2 is 1.73 bits per heavy atom. The minimum atomic E-state index is -0.402. The van der Waals surface area contributed by atoms with E-state index in [1.807, 2.05) is 19.1 Å². The van der Waals surface area contributed by atoms with E-state index in [-0.39, 0.29) is 11.7 Å². The van der Waals surface area contributed by atoms with Crippen molar-refractivity contribution in [3.63, 3.8) is 0 Å². The highest BCUT2D eigenvalue weighted by atomic mass is 16.5. The van der Waals surface area contributed by atoms with Crippen molar-refractivity contribution in [3.8, 4) is 11.5 Å². The van der Waals surface area contributed by atoms with Gasteiger partial charge in [-0.2, -0.15) is 5.10 Å². The molecule has 0 aliphatic rings. The number of ether oxygens (including phenoxy) is 1. The Morgan fingerprint density at radius 1 is 0.967 bits per heavy atom. The molecule has 0 saturated heterocycles. The van der Waals surface area contributed by atoms with Crippen LogP contribution in [0.25, 0.3) is 0 Å². The van der Waals surface area contributed by atoms with Crippen LogP contribution in [0.5, 0.6) is 11.5 Å². The first-order valence-corrected chi connectivity index (χ1v) is 9.15. The highest BCUT2D eigenvalue weighted by Crippen LogP contribution is 2.25. The van der Waals surface area contributed by atoms with Crippen molar-refractivity contribution in [1.29, 1.82) is 0 Å². The molecule has 0 bridgehead atoms. The van der Waals surface area contributed by atoms with Gasteiger partial charge in [0, 0.05) is 16.8 Å². The number of amides is 2. The Morgan fingerprint density at radius 3 is 2.40 bits per heavy atom. The second-order valence-corrected chi connectivity index (χ2v) is 6.53. The van der Waals surface area contributed by atoms with E-state index in [0.29, 0.717) is 28.1 Å². The van der Waals surface area contributed by atoms with Gasteiger partial charge >= 0.3 is 0 Å². The lowest BCUT2D eigenvalue weighted by molar-refractivity contribution is 0.0954. The van der Waals surface area contributed by atoms with Crippen LogP contribution in [-0.2, 0) is 0 Å². The van der Waals surface area contributed by atoms with Crippen LogP contribution in [0.1, 0.15) is 31.8 Å². The molecule has 0 fully saturated rings. The molecular formula is C23H21N3O4. The molecule has 3 aromatic rings. The Bertz CT molecular complexity index is 1090. The van der Waals surface area contributed by atoms with Gasteiger partial charge in [-0.3, -0.25) is 9.59 Å². The molecular weight excluding hydrogens is 382 g/mol. The van der Waals surface area contributed by atoms with E-state index in [1.54, 1.807) is 48.5 Å². The number of phenolic OH excluding ortho intramolecular Hbond substituents is 1. The highest BCUT2D eigenvalue weighted by molar-refractivity contribution is 6.04. The van der Waals surface area contributed by atoms with E-state index >= 15 is 0 Å². The second-order valence-electron chi connectivity index (χ2n) is 6.53. The summed E-state index contributed by atoms with van der Waals surface area (Å²) in [5.74, 6) is -0.286.